The third-order valence-corrected chi connectivity index (χ3v) is 4.39. The highest BCUT2D eigenvalue weighted by atomic mass is 16.5. The van der Waals surface area contributed by atoms with Crippen LogP contribution in [0.2, 0.25) is 0 Å². The van der Waals surface area contributed by atoms with Crippen molar-refractivity contribution in [3.63, 3.8) is 0 Å². The van der Waals surface area contributed by atoms with Gasteiger partial charge in [0.05, 0.1) is 12.6 Å². The molecule has 3 rings (SSSR count). The molecule has 0 heterocycles. The van der Waals surface area contributed by atoms with Gasteiger partial charge in [0.25, 0.3) is 5.91 Å². The van der Waals surface area contributed by atoms with E-state index in [9.17, 15) is 4.79 Å². The summed E-state index contributed by atoms with van der Waals surface area (Å²) in [6.07, 6.45) is 0. The maximum absolute atomic E-state index is 12.4. The summed E-state index contributed by atoms with van der Waals surface area (Å²) in [6, 6.07) is 26.0. The van der Waals surface area contributed by atoms with E-state index in [4.69, 9.17) is 4.74 Å². The number of carbonyl (C=O) groups excluding carboxylic acids is 1. The highest BCUT2D eigenvalue weighted by Gasteiger charge is 2.11. The van der Waals surface area contributed by atoms with Crippen LogP contribution in [0.3, 0.4) is 0 Å². The number of nitrogens with one attached hydrogen (secondary N) is 1. The van der Waals surface area contributed by atoms with Gasteiger partial charge < -0.3 is 10.1 Å². The Morgan fingerprint density at radius 1 is 0.885 bits per heavy atom. The fourth-order valence-corrected chi connectivity index (χ4v) is 2.88. The molecule has 1 N–H and O–H groups in total. The van der Waals surface area contributed by atoms with Gasteiger partial charge in [0, 0.05) is 12.7 Å². The fraction of sp³-hybridized carbons (Fsp3) is 0.174. The maximum atomic E-state index is 12.4. The van der Waals surface area contributed by atoms with Gasteiger partial charge in [0.1, 0.15) is 0 Å². The number of methoxy groups -OCH3 is 1. The smallest absolute Gasteiger partial charge is 0.251 e. The maximum Gasteiger partial charge on any atom is 0.251 e. The number of rotatable bonds is 6. The first-order chi connectivity index (χ1) is 12.7. The normalized spacial score (nSPS) is 11.8. The molecule has 3 aromatic rings. The molecule has 132 valence electrons. The summed E-state index contributed by atoms with van der Waals surface area (Å²) in [6.45, 7) is 2.54. The van der Waals surface area contributed by atoms with E-state index in [2.05, 4.69) is 41.7 Å². The monoisotopic (exact) mass is 345 g/mol. The lowest BCUT2D eigenvalue weighted by atomic mass is 10.0. The Hall–Kier alpha value is -2.91. The van der Waals surface area contributed by atoms with Crippen molar-refractivity contribution in [2.45, 2.75) is 19.6 Å². The van der Waals surface area contributed by atoms with Crippen molar-refractivity contribution < 1.29 is 9.53 Å². The van der Waals surface area contributed by atoms with Gasteiger partial charge >= 0.3 is 0 Å². The standard InChI is InChI=1S/C23H23NO2/c1-17(24-23(25)22-10-8-18(9-11-22)16-26-2)19-12-14-21(15-13-19)20-6-4-3-5-7-20/h3-15,17H,16H2,1-2H3,(H,24,25). The molecule has 26 heavy (non-hydrogen) atoms. The van der Waals surface area contributed by atoms with Crippen LogP contribution >= 0.6 is 0 Å². The number of carbonyl (C=O) groups is 1. The van der Waals surface area contributed by atoms with Gasteiger partial charge in [-0.15, -0.1) is 0 Å². The minimum atomic E-state index is -0.0754. The molecule has 0 aliphatic heterocycles. The molecule has 3 heteroatoms. The SMILES string of the molecule is COCc1ccc(C(=O)NC(C)c2ccc(-c3ccccc3)cc2)cc1. The Bertz CT molecular complexity index is 840. The minimum Gasteiger partial charge on any atom is -0.380 e. The largest absolute Gasteiger partial charge is 0.380 e. The van der Waals surface area contributed by atoms with Gasteiger partial charge in [-0.1, -0.05) is 66.7 Å². The van der Waals surface area contributed by atoms with Crippen LogP contribution in [-0.2, 0) is 11.3 Å². The Labute approximate surface area is 154 Å². The lowest BCUT2D eigenvalue weighted by Crippen LogP contribution is -2.26. The molecule has 1 atom stereocenters. The number of hydrogen-bond donors (Lipinski definition) is 1. The molecular formula is C23H23NO2. The third-order valence-electron chi connectivity index (χ3n) is 4.39. The third kappa shape index (κ3) is 4.38. The van der Waals surface area contributed by atoms with E-state index in [-0.39, 0.29) is 11.9 Å². The molecule has 0 saturated heterocycles. The minimum absolute atomic E-state index is 0.0639. The summed E-state index contributed by atoms with van der Waals surface area (Å²) in [5.74, 6) is -0.0754. The number of amides is 1. The Morgan fingerprint density at radius 3 is 2.12 bits per heavy atom. The van der Waals surface area contributed by atoms with E-state index in [1.807, 2.05) is 49.4 Å². The van der Waals surface area contributed by atoms with Gasteiger partial charge in [-0.3, -0.25) is 4.79 Å². The summed E-state index contributed by atoms with van der Waals surface area (Å²) < 4.78 is 5.09. The first-order valence-electron chi connectivity index (χ1n) is 8.71. The van der Waals surface area contributed by atoms with Crippen LogP contribution in [0.1, 0.15) is 34.5 Å². The van der Waals surface area contributed by atoms with Crippen molar-refractivity contribution in [2.75, 3.05) is 7.11 Å². The zero-order valence-electron chi connectivity index (χ0n) is 15.1. The molecule has 0 radical (unpaired) electrons. The molecule has 3 aromatic carbocycles. The second-order valence-electron chi connectivity index (χ2n) is 6.31. The zero-order valence-corrected chi connectivity index (χ0v) is 15.1. The van der Waals surface area contributed by atoms with E-state index >= 15 is 0 Å². The summed E-state index contributed by atoms with van der Waals surface area (Å²) in [5.41, 5.74) is 5.13. The Morgan fingerprint density at radius 2 is 1.50 bits per heavy atom. The van der Waals surface area contributed by atoms with E-state index in [0.29, 0.717) is 12.2 Å². The fourth-order valence-electron chi connectivity index (χ4n) is 2.88. The molecule has 0 fully saturated rings. The number of benzene rings is 3. The predicted octanol–water partition coefficient (Wildman–Crippen LogP) is 4.99. The first-order valence-corrected chi connectivity index (χ1v) is 8.71. The van der Waals surface area contributed by atoms with Crippen LogP contribution in [0.4, 0.5) is 0 Å². The molecule has 0 aromatic heterocycles. The average Bonchev–Trinajstić information content (AvgIpc) is 2.69. The topological polar surface area (TPSA) is 38.3 Å². The molecule has 3 nitrogen and oxygen atoms in total. The van der Waals surface area contributed by atoms with E-state index < -0.39 is 0 Å². The van der Waals surface area contributed by atoms with Gasteiger partial charge in [-0.05, 0) is 41.3 Å². The summed E-state index contributed by atoms with van der Waals surface area (Å²) in [7, 11) is 1.66. The molecule has 0 bridgehead atoms. The van der Waals surface area contributed by atoms with Gasteiger partial charge in [0.15, 0.2) is 0 Å². The van der Waals surface area contributed by atoms with Crippen LogP contribution in [0.5, 0.6) is 0 Å². The summed E-state index contributed by atoms with van der Waals surface area (Å²) >= 11 is 0. The highest BCUT2D eigenvalue weighted by molar-refractivity contribution is 5.94. The van der Waals surface area contributed by atoms with Gasteiger partial charge in [-0.2, -0.15) is 0 Å². The lowest BCUT2D eigenvalue weighted by molar-refractivity contribution is 0.0940. The summed E-state index contributed by atoms with van der Waals surface area (Å²) in [4.78, 5) is 12.4. The van der Waals surface area contributed by atoms with E-state index in [1.165, 1.54) is 11.1 Å². The van der Waals surface area contributed by atoms with Crippen LogP contribution in [-0.4, -0.2) is 13.0 Å². The molecule has 0 aliphatic rings. The van der Waals surface area contributed by atoms with E-state index in [0.717, 1.165) is 11.1 Å². The van der Waals surface area contributed by atoms with Crippen molar-refractivity contribution >= 4 is 5.91 Å². The van der Waals surface area contributed by atoms with E-state index in [1.54, 1.807) is 7.11 Å². The molecule has 1 unspecified atom stereocenters. The lowest BCUT2D eigenvalue weighted by Gasteiger charge is -2.15. The first kappa shape index (κ1) is 17.9. The Kier molecular flexibility index (Phi) is 5.82. The van der Waals surface area contributed by atoms with Crippen LogP contribution in [0.25, 0.3) is 11.1 Å². The van der Waals surface area contributed by atoms with Crippen LogP contribution in [0, 0.1) is 0 Å². The highest BCUT2D eigenvalue weighted by Crippen LogP contribution is 2.22. The number of hydrogen-bond acceptors (Lipinski definition) is 2. The number of ether oxygens (including phenoxy) is 1. The molecule has 0 aliphatic carbocycles. The Balaban J connectivity index is 1.65. The quantitative estimate of drug-likeness (QED) is 0.683. The zero-order chi connectivity index (χ0) is 18.4. The molecule has 0 spiro atoms. The van der Waals surface area contributed by atoms with Crippen molar-refractivity contribution in [2.24, 2.45) is 0 Å². The summed E-state index contributed by atoms with van der Waals surface area (Å²) in [5, 5.41) is 3.05. The van der Waals surface area contributed by atoms with Crippen LogP contribution < -0.4 is 5.32 Å². The second kappa shape index (κ2) is 8.45. The van der Waals surface area contributed by atoms with Crippen molar-refractivity contribution in [1.29, 1.82) is 0 Å². The van der Waals surface area contributed by atoms with Gasteiger partial charge in [0.2, 0.25) is 0 Å². The second-order valence-corrected chi connectivity index (χ2v) is 6.31. The molecule has 1 amide bonds. The molecule has 0 saturated carbocycles. The van der Waals surface area contributed by atoms with Crippen LogP contribution in [0.15, 0.2) is 78.9 Å². The van der Waals surface area contributed by atoms with Crippen molar-refractivity contribution in [3.05, 3.63) is 95.6 Å². The van der Waals surface area contributed by atoms with Crippen molar-refractivity contribution in [1.82, 2.24) is 5.32 Å². The predicted molar refractivity (Wildman–Crippen MR) is 105 cm³/mol. The molecular weight excluding hydrogens is 322 g/mol. The average molecular weight is 345 g/mol. The van der Waals surface area contributed by atoms with Gasteiger partial charge in [-0.25, -0.2) is 0 Å². The van der Waals surface area contributed by atoms with Crippen molar-refractivity contribution in [3.8, 4) is 11.1 Å².